The summed E-state index contributed by atoms with van der Waals surface area (Å²) in [6.45, 7) is 25.4. The van der Waals surface area contributed by atoms with Crippen molar-refractivity contribution in [1.29, 1.82) is 0 Å². The highest BCUT2D eigenvalue weighted by Crippen LogP contribution is 2.53. The Morgan fingerprint density at radius 3 is 0.892 bits per heavy atom. The van der Waals surface area contributed by atoms with E-state index in [1.165, 1.54) is 37.8 Å². The number of ether oxygens (including phenoxy) is 24. The van der Waals surface area contributed by atoms with Gasteiger partial charge in [-0.1, -0.05) is 115 Å². The molecule has 2 aliphatic rings. The quantitative estimate of drug-likeness (QED) is 0.0356. The fourth-order valence-corrected chi connectivity index (χ4v) is 13.1. The van der Waals surface area contributed by atoms with E-state index in [0.717, 1.165) is 95.6 Å². The zero-order valence-electron chi connectivity index (χ0n) is 73.5. The second-order valence-electron chi connectivity index (χ2n) is 29.2. The van der Waals surface area contributed by atoms with Crippen molar-refractivity contribution < 1.29 is 143 Å². The number of hydrogen-bond acceptors (Lipinski definition) is 30. The third-order valence-corrected chi connectivity index (χ3v) is 20.0. The number of carboxylic acid groups (broad SMARTS) is 2. The summed E-state index contributed by atoms with van der Waals surface area (Å²) in [6, 6.07) is 0. The van der Waals surface area contributed by atoms with E-state index in [1.54, 1.807) is 7.05 Å². The number of carbonyl (C=O) groups is 4. The summed E-state index contributed by atoms with van der Waals surface area (Å²) in [4.78, 5) is 47.9. The number of alkyl carbamates (subject to hydrolysis) is 1. The number of carbonyl (C=O) groups excluding carboxylic acids is 2. The number of nitrogens with zero attached hydrogens (tertiary/aromatic N) is 3. The summed E-state index contributed by atoms with van der Waals surface area (Å²) in [5.41, 5.74) is 0.605. The van der Waals surface area contributed by atoms with Crippen LogP contribution in [-0.2, 0) is 147 Å². The Balaban J connectivity index is 0.860. The van der Waals surface area contributed by atoms with Crippen molar-refractivity contribution in [2.24, 2.45) is 23.2 Å². The SMILES string of the molecule is CCCCCCCCCCCC(CCCCCCCCCCC(=O)NCCOCCOCCOCCOCCOCCOCCOCCOCCOCCOCCOCCOCCOCCOCCOCCOCCOCCOCCOCCOCCOCCOCCOCCn1nnc2c1CC[C@H]1[C@@H](CC2)[C@H]1COC(=O)NC)(C(=O)O)C(=O)O. The number of fused-ring (bicyclic) bond motifs is 2. The van der Waals surface area contributed by atoms with Gasteiger partial charge in [0, 0.05) is 20.0 Å². The lowest BCUT2D eigenvalue weighted by atomic mass is 9.78. The number of rotatable bonds is 97. The van der Waals surface area contributed by atoms with Crippen molar-refractivity contribution in [2.75, 3.05) is 324 Å². The molecule has 120 heavy (non-hydrogen) atoms. The van der Waals surface area contributed by atoms with Crippen molar-refractivity contribution in [3.05, 3.63) is 11.4 Å². The molecule has 0 aliphatic heterocycles. The van der Waals surface area contributed by atoms with E-state index in [4.69, 9.17) is 114 Å². The average Bonchev–Trinajstić information content (AvgIpc) is 1.61. The molecule has 704 valence electrons. The van der Waals surface area contributed by atoms with Crippen molar-refractivity contribution >= 4 is 23.9 Å². The number of hydrogen-bond donors (Lipinski definition) is 4. The van der Waals surface area contributed by atoms with Crippen LogP contribution in [0.2, 0.25) is 0 Å². The predicted octanol–water partition coefficient (Wildman–Crippen LogP) is 7.85. The number of amides is 2. The number of carboxylic acids is 2. The van der Waals surface area contributed by atoms with Crippen LogP contribution in [0.1, 0.15) is 160 Å². The molecule has 0 aromatic carbocycles. The number of unbranched alkanes of at least 4 members (excludes halogenated alkanes) is 15. The lowest BCUT2D eigenvalue weighted by Gasteiger charge is -2.25. The molecule has 1 saturated carbocycles. The Labute approximate surface area is 716 Å². The molecule has 1 fully saturated rings. The zero-order chi connectivity index (χ0) is 85.7. The van der Waals surface area contributed by atoms with Gasteiger partial charge in [0.05, 0.1) is 328 Å². The molecule has 1 heterocycles. The maximum atomic E-state index is 12.2. The lowest BCUT2D eigenvalue weighted by molar-refractivity contribution is -0.166. The van der Waals surface area contributed by atoms with Crippen molar-refractivity contribution in [3.8, 4) is 0 Å². The molecule has 35 heteroatoms. The summed E-state index contributed by atoms with van der Waals surface area (Å²) < 4.78 is 135. The van der Waals surface area contributed by atoms with E-state index < -0.39 is 17.4 Å². The van der Waals surface area contributed by atoms with Crippen LogP contribution in [0.4, 0.5) is 4.79 Å². The van der Waals surface area contributed by atoms with Crippen LogP contribution in [0.5, 0.6) is 0 Å². The van der Waals surface area contributed by atoms with Crippen LogP contribution in [0.3, 0.4) is 0 Å². The smallest absolute Gasteiger partial charge is 0.406 e. The minimum Gasteiger partial charge on any atom is -0.480 e. The van der Waals surface area contributed by atoms with E-state index in [1.807, 2.05) is 4.68 Å². The number of aliphatic carboxylic acids is 2. The van der Waals surface area contributed by atoms with Gasteiger partial charge in [0.15, 0.2) is 5.41 Å². The van der Waals surface area contributed by atoms with Gasteiger partial charge in [-0.3, -0.25) is 14.4 Å². The first kappa shape index (κ1) is 110. The summed E-state index contributed by atoms with van der Waals surface area (Å²) in [6.07, 6.45) is 21.6. The van der Waals surface area contributed by atoms with Gasteiger partial charge >= 0.3 is 18.0 Å². The van der Waals surface area contributed by atoms with Gasteiger partial charge < -0.3 is 135 Å². The van der Waals surface area contributed by atoms with Gasteiger partial charge in [-0.25, -0.2) is 9.48 Å². The van der Waals surface area contributed by atoms with Gasteiger partial charge in [0.2, 0.25) is 5.91 Å². The van der Waals surface area contributed by atoms with Crippen LogP contribution in [0.25, 0.3) is 0 Å². The summed E-state index contributed by atoms with van der Waals surface area (Å²) >= 11 is 0. The molecule has 1 aromatic rings. The fraction of sp³-hybridized carbons (Fsp3) is 0.929. The third-order valence-electron chi connectivity index (χ3n) is 20.0. The molecule has 0 bridgehead atoms. The van der Waals surface area contributed by atoms with Gasteiger partial charge in [-0.2, -0.15) is 0 Å². The molecule has 1 aromatic heterocycles. The minimum absolute atomic E-state index is 0.0180. The minimum atomic E-state index is -1.68. The molecular formula is C85H159N5O30. The molecule has 3 atom stereocenters. The standard InChI is InChI=1S/C85H159N5O30/c1-3-4-5-6-7-9-12-15-18-25-85(82(92)93,83(94)95)26-19-16-13-10-8-11-14-17-20-81(91)87-27-29-97-31-33-99-35-37-101-39-41-103-43-45-105-47-49-107-51-53-109-55-57-111-59-61-113-63-65-115-67-69-117-71-73-119-74-72-118-70-68-116-66-64-114-62-60-112-58-56-110-54-52-108-50-48-106-46-44-104-42-40-102-38-36-100-34-32-98-30-28-90-80-24-22-77-76(21-23-79(80)88-89-90)78(77)75-120-84(96)86-2/h76-78H,3-75H2,1-2H3,(H,86,96)(H,87,91)(H,92,93)(H,94,95)/t76-,77+,78-/m1/s1. The summed E-state index contributed by atoms with van der Waals surface area (Å²) in [5, 5.41) is 34.0. The first-order valence-electron chi connectivity index (χ1n) is 45.0. The van der Waals surface area contributed by atoms with Gasteiger partial charge in [0.25, 0.3) is 0 Å². The topological polar surface area (TPSA) is 385 Å². The maximum Gasteiger partial charge on any atom is 0.406 e. The average molecular weight is 1730 g/mol. The van der Waals surface area contributed by atoms with E-state index in [2.05, 4.69) is 27.9 Å². The van der Waals surface area contributed by atoms with E-state index >= 15 is 0 Å². The first-order chi connectivity index (χ1) is 59.2. The first-order valence-corrected chi connectivity index (χ1v) is 45.0. The number of nitrogens with one attached hydrogen (secondary N) is 2. The number of aromatic nitrogens is 3. The van der Waals surface area contributed by atoms with Gasteiger partial charge in [-0.05, 0) is 62.7 Å². The molecule has 0 spiro atoms. The second kappa shape index (κ2) is 84.4. The van der Waals surface area contributed by atoms with Crippen LogP contribution in [-0.4, -0.2) is 373 Å². The zero-order valence-corrected chi connectivity index (χ0v) is 73.5. The molecule has 2 aliphatic carbocycles. The van der Waals surface area contributed by atoms with Crippen LogP contribution < -0.4 is 10.6 Å². The molecule has 2 amide bonds. The highest BCUT2D eigenvalue weighted by molar-refractivity contribution is 5.98. The predicted molar refractivity (Wildman–Crippen MR) is 445 cm³/mol. The van der Waals surface area contributed by atoms with Gasteiger partial charge in [0.1, 0.15) is 0 Å². The van der Waals surface area contributed by atoms with E-state index in [0.29, 0.717) is 361 Å². The monoisotopic (exact) mass is 1730 g/mol. The normalized spacial score (nSPS) is 14.6. The Morgan fingerprint density at radius 1 is 0.350 bits per heavy atom. The maximum absolute atomic E-state index is 12.2. The summed E-state index contributed by atoms with van der Waals surface area (Å²) in [7, 11) is 1.58. The Morgan fingerprint density at radius 2 is 0.608 bits per heavy atom. The molecule has 0 radical (unpaired) electrons. The Hall–Kier alpha value is -4.10. The molecule has 35 nitrogen and oxygen atoms in total. The molecule has 0 unspecified atom stereocenters. The third kappa shape index (κ3) is 65.5. The summed E-state index contributed by atoms with van der Waals surface area (Å²) in [5.74, 6) is -0.747. The fourth-order valence-electron chi connectivity index (χ4n) is 13.1. The molecule has 3 rings (SSSR count). The largest absolute Gasteiger partial charge is 0.480 e. The van der Waals surface area contributed by atoms with Crippen molar-refractivity contribution in [1.82, 2.24) is 25.6 Å². The van der Waals surface area contributed by atoms with Gasteiger partial charge in [-0.15, -0.1) is 5.10 Å². The molecule has 0 saturated heterocycles. The van der Waals surface area contributed by atoms with Crippen LogP contribution in [0.15, 0.2) is 0 Å². The van der Waals surface area contributed by atoms with Crippen LogP contribution >= 0.6 is 0 Å². The van der Waals surface area contributed by atoms with Crippen LogP contribution in [0, 0.1) is 23.2 Å². The van der Waals surface area contributed by atoms with E-state index in [-0.39, 0.29) is 24.8 Å². The van der Waals surface area contributed by atoms with Crippen molar-refractivity contribution in [3.63, 3.8) is 0 Å². The van der Waals surface area contributed by atoms with Crippen molar-refractivity contribution in [2.45, 2.75) is 168 Å². The highest BCUT2D eigenvalue weighted by Gasteiger charge is 2.50. The number of aryl methyl sites for hydroxylation is 1. The Bertz CT molecular complexity index is 2420. The highest BCUT2D eigenvalue weighted by atomic mass is 16.6. The lowest BCUT2D eigenvalue weighted by Crippen LogP contribution is -2.39. The second-order valence-corrected chi connectivity index (χ2v) is 29.2. The molecule has 4 N–H and O–H groups in total. The van der Waals surface area contributed by atoms with E-state index in [9.17, 15) is 29.4 Å². The molecular weight excluding hydrogens is 1570 g/mol. The Kier molecular flexibility index (Phi) is 77.4.